The van der Waals surface area contributed by atoms with Gasteiger partial charge in [0.2, 0.25) is 0 Å². The van der Waals surface area contributed by atoms with Crippen molar-refractivity contribution in [1.82, 2.24) is 4.37 Å². The topological polar surface area (TPSA) is 50.2 Å². The molecule has 19 heavy (non-hydrogen) atoms. The third kappa shape index (κ3) is 2.11. The number of fused-ring (bicyclic) bond motifs is 1. The smallest absolute Gasteiger partial charge is 0.317 e. The van der Waals surface area contributed by atoms with E-state index in [-0.39, 0.29) is 0 Å². The molecule has 1 N–H and O–H groups in total. The molecule has 1 unspecified atom stereocenters. The van der Waals surface area contributed by atoms with Gasteiger partial charge in [0.25, 0.3) is 0 Å². The van der Waals surface area contributed by atoms with E-state index in [2.05, 4.69) is 4.37 Å². The summed E-state index contributed by atoms with van der Waals surface area (Å²) in [6, 6.07) is 16.9. The molecule has 3 aromatic rings. The Morgan fingerprint density at radius 2 is 1.74 bits per heavy atom. The van der Waals surface area contributed by atoms with E-state index >= 15 is 0 Å². The summed E-state index contributed by atoms with van der Waals surface area (Å²) >= 11 is 1.34. The molecule has 0 radical (unpaired) electrons. The van der Waals surface area contributed by atoms with Crippen LogP contribution in [0.15, 0.2) is 54.6 Å². The zero-order valence-electron chi connectivity index (χ0n) is 9.98. The lowest BCUT2D eigenvalue weighted by Gasteiger charge is -2.10. The summed E-state index contributed by atoms with van der Waals surface area (Å²) in [6.07, 6.45) is 0. The van der Waals surface area contributed by atoms with E-state index in [0.717, 1.165) is 15.6 Å². The van der Waals surface area contributed by atoms with Crippen LogP contribution in [-0.4, -0.2) is 15.4 Å². The minimum Gasteiger partial charge on any atom is -0.480 e. The summed E-state index contributed by atoms with van der Waals surface area (Å²) in [4.78, 5) is 11.6. The zero-order chi connectivity index (χ0) is 13.2. The Hall–Kier alpha value is -2.20. The number of benzene rings is 2. The summed E-state index contributed by atoms with van der Waals surface area (Å²) in [7, 11) is 0. The molecule has 0 saturated heterocycles. The van der Waals surface area contributed by atoms with Gasteiger partial charge in [0.1, 0.15) is 5.92 Å². The second-order valence-corrected chi connectivity index (χ2v) is 5.05. The van der Waals surface area contributed by atoms with Crippen molar-refractivity contribution in [1.29, 1.82) is 0 Å². The van der Waals surface area contributed by atoms with Gasteiger partial charge in [0.05, 0.1) is 10.4 Å². The third-order valence-corrected chi connectivity index (χ3v) is 3.90. The van der Waals surface area contributed by atoms with Crippen LogP contribution < -0.4 is 0 Å². The Balaban J connectivity index is 2.18. The molecule has 4 heteroatoms. The fourth-order valence-corrected chi connectivity index (χ4v) is 2.99. The third-order valence-electron chi connectivity index (χ3n) is 3.06. The molecule has 3 nitrogen and oxygen atoms in total. The summed E-state index contributed by atoms with van der Waals surface area (Å²) in [5, 5.41) is 10.4. The molecule has 0 aliphatic rings. The summed E-state index contributed by atoms with van der Waals surface area (Å²) in [5.74, 6) is -1.58. The number of hydrogen-bond donors (Lipinski definition) is 1. The zero-order valence-corrected chi connectivity index (χ0v) is 10.8. The van der Waals surface area contributed by atoms with E-state index in [9.17, 15) is 9.90 Å². The number of rotatable bonds is 3. The molecule has 0 aliphatic heterocycles. The van der Waals surface area contributed by atoms with Crippen molar-refractivity contribution < 1.29 is 9.90 Å². The van der Waals surface area contributed by atoms with Crippen LogP contribution >= 0.6 is 11.5 Å². The highest BCUT2D eigenvalue weighted by Crippen LogP contribution is 2.32. The van der Waals surface area contributed by atoms with Crippen LogP contribution in [0.2, 0.25) is 0 Å². The molecule has 1 aromatic heterocycles. The number of carbonyl (C=O) groups is 1. The van der Waals surface area contributed by atoms with Crippen molar-refractivity contribution in [2.75, 3.05) is 0 Å². The number of carboxylic acids is 1. The van der Waals surface area contributed by atoms with Gasteiger partial charge in [-0.2, -0.15) is 4.37 Å². The van der Waals surface area contributed by atoms with Gasteiger partial charge >= 0.3 is 5.97 Å². The maximum atomic E-state index is 11.6. The molecule has 1 heterocycles. The van der Waals surface area contributed by atoms with Crippen LogP contribution in [0.5, 0.6) is 0 Å². The fourth-order valence-electron chi connectivity index (χ4n) is 2.18. The molecule has 0 aliphatic carbocycles. The summed E-state index contributed by atoms with van der Waals surface area (Å²) < 4.78 is 5.37. The van der Waals surface area contributed by atoms with Crippen molar-refractivity contribution in [2.24, 2.45) is 0 Å². The van der Waals surface area contributed by atoms with Crippen molar-refractivity contribution in [2.45, 2.75) is 5.92 Å². The monoisotopic (exact) mass is 269 g/mol. The minimum atomic E-state index is -0.873. The first-order valence-electron chi connectivity index (χ1n) is 5.89. The van der Waals surface area contributed by atoms with Crippen LogP contribution in [0, 0.1) is 0 Å². The molecule has 1 atom stereocenters. The molecule has 0 fully saturated rings. The quantitative estimate of drug-likeness (QED) is 0.791. The maximum absolute atomic E-state index is 11.6. The SMILES string of the molecule is O=C(O)C(c1ccccc1)c1nsc2ccccc12. The number of aliphatic carboxylic acids is 1. The van der Waals surface area contributed by atoms with Crippen molar-refractivity contribution in [3.63, 3.8) is 0 Å². The minimum absolute atomic E-state index is 0.624. The summed E-state index contributed by atoms with van der Waals surface area (Å²) in [5.41, 5.74) is 1.38. The normalized spacial score (nSPS) is 12.4. The highest BCUT2D eigenvalue weighted by Gasteiger charge is 2.26. The first-order valence-corrected chi connectivity index (χ1v) is 6.67. The van der Waals surface area contributed by atoms with Gasteiger partial charge in [-0.15, -0.1) is 0 Å². The van der Waals surface area contributed by atoms with Crippen molar-refractivity contribution >= 4 is 27.6 Å². The number of aromatic nitrogens is 1. The van der Waals surface area contributed by atoms with E-state index in [4.69, 9.17) is 0 Å². The fraction of sp³-hybridized carbons (Fsp3) is 0.0667. The molecule has 94 valence electrons. The van der Waals surface area contributed by atoms with Crippen molar-refractivity contribution in [3.05, 3.63) is 65.9 Å². The van der Waals surface area contributed by atoms with E-state index in [1.807, 2.05) is 54.6 Å². The lowest BCUT2D eigenvalue weighted by Crippen LogP contribution is -2.13. The predicted octanol–water partition coefficient (Wildman–Crippen LogP) is 3.51. The van der Waals surface area contributed by atoms with Crippen LogP contribution in [0.25, 0.3) is 10.1 Å². The summed E-state index contributed by atoms with van der Waals surface area (Å²) in [6.45, 7) is 0. The first kappa shape index (κ1) is 11.9. The van der Waals surface area contributed by atoms with Gasteiger partial charge in [-0.1, -0.05) is 48.5 Å². The van der Waals surface area contributed by atoms with Gasteiger partial charge < -0.3 is 5.11 Å². The van der Waals surface area contributed by atoms with Gasteiger partial charge in [0.15, 0.2) is 0 Å². The van der Waals surface area contributed by atoms with E-state index in [1.54, 1.807) is 0 Å². The first-order chi connectivity index (χ1) is 9.27. The number of nitrogens with zero attached hydrogens (tertiary/aromatic N) is 1. The maximum Gasteiger partial charge on any atom is 0.317 e. The second-order valence-electron chi connectivity index (χ2n) is 4.25. The number of hydrogen-bond acceptors (Lipinski definition) is 3. The Kier molecular flexibility index (Phi) is 3.01. The van der Waals surface area contributed by atoms with Gasteiger partial charge in [-0.3, -0.25) is 4.79 Å². The predicted molar refractivity (Wildman–Crippen MR) is 75.5 cm³/mol. The lowest BCUT2D eigenvalue weighted by molar-refractivity contribution is -0.137. The van der Waals surface area contributed by atoms with Crippen LogP contribution in [0.3, 0.4) is 0 Å². The van der Waals surface area contributed by atoms with E-state index in [1.165, 1.54) is 11.5 Å². The molecule has 0 amide bonds. The Morgan fingerprint density at radius 1 is 1.05 bits per heavy atom. The Morgan fingerprint density at radius 3 is 2.47 bits per heavy atom. The van der Waals surface area contributed by atoms with Crippen LogP contribution in [0.4, 0.5) is 0 Å². The largest absolute Gasteiger partial charge is 0.480 e. The molecule has 0 spiro atoms. The molecular weight excluding hydrogens is 258 g/mol. The molecule has 3 rings (SSSR count). The van der Waals surface area contributed by atoms with Crippen LogP contribution in [0.1, 0.15) is 17.2 Å². The standard InChI is InChI=1S/C15H11NO2S/c17-15(18)13(10-6-2-1-3-7-10)14-11-8-4-5-9-12(11)19-16-14/h1-9,13H,(H,17,18). The van der Waals surface area contributed by atoms with Crippen molar-refractivity contribution in [3.8, 4) is 0 Å². The molecule has 2 aromatic carbocycles. The Labute approximate surface area is 114 Å². The van der Waals surface area contributed by atoms with E-state index in [0.29, 0.717) is 5.69 Å². The van der Waals surface area contributed by atoms with Gasteiger partial charge in [0, 0.05) is 5.39 Å². The second kappa shape index (κ2) is 4.82. The lowest BCUT2D eigenvalue weighted by atomic mass is 9.94. The average molecular weight is 269 g/mol. The average Bonchev–Trinajstić information content (AvgIpc) is 2.84. The van der Waals surface area contributed by atoms with Gasteiger partial charge in [-0.05, 0) is 23.2 Å². The highest BCUT2D eigenvalue weighted by atomic mass is 32.1. The molecule has 0 saturated carbocycles. The molecular formula is C15H11NO2S. The van der Waals surface area contributed by atoms with Crippen LogP contribution in [-0.2, 0) is 4.79 Å². The molecule has 0 bridgehead atoms. The van der Waals surface area contributed by atoms with Gasteiger partial charge in [-0.25, -0.2) is 0 Å². The number of carboxylic acid groups (broad SMARTS) is 1. The Bertz CT molecular complexity index is 721. The van der Waals surface area contributed by atoms with E-state index < -0.39 is 11.9 Å². The highest BCUT2D eigenvalue weighted by molar-refractivity contribution is 7.13.